The predicted octanol–water partition coefficient (Wildman–Crippen LogP) is 3.31. The van der Waals surface area contributed by atoms with Crippen molar-refractivity contribution in [1.82, 2.24) is 0 Å². The van der Waals surface area contributed by atoms with Crippen molar-refractivity contribution in [2.45, 2.75) is 6.92 Å². The third kappa shape index (κ3) is 6.73. The Morgan fingerprint density at radius 2 is 1.71 bits per heavy atom. The minimum atomic E-state index is -0.430. The second kappa shape index (κ2) is 9.09. The van der Waals surface area contributed by atoms with Crippen LogP contribution in [0, 0.1) is 6.92 Å². The summed E-state index contributed by atoms with van der Waals surface area (Å²) >= 11 is 0. The number of carbonyl (C=O) groups excluding carboxylic acids is 2. The molecule has 2 aromatic carbocycles. The standard InChI is InChI=1S/C10H10O2.C7H6O2/c1-3-10(11)12-9-6-4-5-8(2)7-9;8-6-9-7-4-2-1-3-5-7/h3-7H,1H2,2H3;1-6H. The van der Waals surface area contributed by atoms with E-state index in [0.29, 0.717) is 18.0 Å². The van der Waals surface area contributed by atoms with Gasteiger partial charge in [-0.25, -0.2) is 4.79 Å². The van der Waals surface area contributed by atoms with Gasteiger partial charge in [-0.15, -0.1) is 0 Å². The van der Waals surface area contributed by atoms with Crippen LogP contribution >= 0.6 is 0 Å². The summed E-state index contributed by atoms with van der Waals surface area (Å²) < 4.78 is 9.41. The minimum Gasteiger partial charge on any atom is -0.429 e. The molecule has 0 radical (unpaired) electrons. The van der Waals surface area contributed by atoms with Gasteiger partial charge in [-0.2, -0.15) is 0 Å². The van der Waals surface area contributed by atoms with E-state index in [9.17, 15) is 9.59 Å². The van der Waals surface area contributed by atoms with Crippen LogP contribution in [0.3, 0.4) is 0 Å². The molecule has 0 aromatic heterocycles. The van der Waals surface area contributed by atoms with Crippen LogP contribution in [0.15, 0.2) is 67.3 Å². The molecule has 0 amide bonds. The summed E-state index contributed by atoms with van der Waals surface area (Å²) in [4.78, 5) is 20.5. The average Bonchev–Trinajstić information content (AvgIpc) is 2.49. The predicted molar refractivity (Wildman–Crippen MR) is 80.1 cm³/mol. The van der Waals surface area contributed by atoms with Crippen LogP contribution < -0.4 is 9.47 Å². The fourth-order valence-corrected chi connectivity index (χ4v) is 1.39. The molecule has 2 aromatic rings. The van der Waals surface area contributed by atoms with Crippen molar-refractivity contribution >= 4 is 12.4 Å². The molecule has 0 aliphatic rings. The molecule has 0 fully saturated rings. The first-order valence-electron chi connectivity index (χ1n) is 6.22. The Bertz CT molecular complexity index is 591. The maximum absolute atomic E-state index is 10.8. The molecule has 0 N–H and O–H groups in total. The lowest BCUT2D eigenvalue weighted by molar-refractivity contribution is -0.129. The molecule has 0 heterocycles. The number of benzene rings is 2. The zero-order valence-corrected chi connectivity index (χ0v) is 11.7. The SMILES string of the molecule is C=CC(=O)Oc1cccc(C)c1.O=COc1ccccc1. The lowest BCUT2D eigenvalue weighted by Crippen LogP contribution is -2.02. The number of aryl methyl sites for hydroxylation is 1. The van der Waals surface area contributed by atoms with Gasteiger partial charge in [0, 0.05) is 6.08 Å². The van der Waals surface area contributed by atoms with Gasteiger partial charge in [0.1, 0.15) is 11.5 Å². The molecule has 2 rings (SSSR count). The van der Waals surface area contributed by atoms with Gasteiger partial charge < -0.3 is 9.47 Å². The van der Waals surface area contributed by atoms with E-state index in [1.807, 2.05) is 25.1 Å². The Morgan fingerprint density at radius 3 is 2.29 bits per heavy atom. The van der Waals surface area contributed by atoms with E-state index in [2.05, 4.69) is 11.3 Å². The number of carbonyl (C=O) groups is 2. The zero-order valence-electron chi connectivity index (χ0n) is 11.7. The molecule has 4 nitrogen and oxygen atoms in total. The van der Waals surface area contributed by atoms with Gasteiger partial charge in [-0.05, 0) is 36.8 Å². The maximum Gasteiger partial charge on any atom is 0.335 e. The summed E-state index contributed by atoms with van der Waals surface area (Å²) in [5.74, 6) is 0.702. The van der Waals surface area contributed by atoms with Crippen LogP contribution in [0.1, 0.15) is 5.56 Å². The normalized spacial score (nSPS) is 8.81. The van der Waals surface area contributed by atoms with Gasteiger partial charge in [0.2, 0.25) is 0 Å². The Labute approximate surface area is 123 Å². The van der Waals surface area contributed by atoms with Crippen LogP contribution in [0.2, 0.25) is 0 Å². The number of rotatable bonds is 4. The molecule has 0 saturated heterocycles. The number of ether oxygens (including phenoxy) is 2. The van der Waals surface area contributed by atoms with Gasteiger partial charge >= 0.3 is 5.97 Å². The topological polar surface area (TPSA) is 52.6 Å². The van der Waals surface area contributed by atoms with E-state index in [0.717, 1.165) is 11.6 Å². The molecule has 0 atom stereocenters. The molecular weight excluding hydrogens is 268 g/mol. The highest BCUT2D eigenvalue weighted by Crippen LogP contribution is 2.12. The summed E-state index contributed by atoms with van der Waals surface area (Å²) in [5, 5.41) is 0. The zero-order chi connectivity index (χ0) is 15.5. The van der Waals surface area contributed by atoms with Crippen molar-refractivity contribution in [2.24, 2.45) is 0 Å². The van der Waals surface area contributed by atoms with Gasteiger partial charge in [0.25, 0.3) is 6.47 Å². The van der Waals surface area contributed by atoms with Crippen molar-refractivity contribution < 1.29 is 19.1 Å². The first kappa shape index (κ1) is 16.2. The lowest BCUT2D eigenvalue weighted by Gasteiger charge is -2.00. The highest BCUT2D eigenvalue weighted by molar-refractivity contribution is 5.83. The van der Waals surface area contributed by atoms with Crippen LogP contribution in [0.4, 0.5) is 0 Å². The molecule has 0 bridgehead atoms. The van der Waals surface area contributed by atoms with E-state index in [4.69, 9.17) is 4.74 Å². The highest BCUT2D eigenvalue weighted by atomic mass is 16.5. The minimum absolute atomic E-state index is 0.412. The number of esters is 1. The number of hydrogen-bond donors (Lipinski definition) is 0. The van der Waals surface area contributed by atoms with Crippen molar-refractivity contribution in [3.8, 4) is 11.5 Å². The third-order valence-corrected chi connectivity index (χ3v) is 2.30. The van der Waals surface area contributed by atoms with E-state index in [1.165, 1.54) is 0 Å². The van der Waals surface area contributed by atoms with E-state index >= 15 is 0 Å². The first-order valence-corrected chi connectivity index (χ1v) is 6.22. The summed E-state index contributed by atoms with van der Waals surface area (Å²) in [6, 6.07) is 16.2. The molecule has 0 spiro atoms. The molecule has 21 heavy (non-hydrogen) atoms. The quantitative estimate of drug-likeness (QED) is 0.374. The van der Waals surface area contributed by atoms with Crippen LogP contribution in [-0.2, 0) is 9.59 Å². The molecule has 0 unspecified atom stereocenters. The monoisotopic (exact) mass is 284 g/mol. The smallest absolute Gasteiger partial charge is 0.335 e. The maximum atomic E-state index is 10.8. The van der Waals surface area contributed by atoms with Crippen molar-refractivity contribution in [3.05, 3.63) is 72.8 Å². The first-order chi connectivity index (χ1) is 10.2. The molecule has 4 heteroatoms. The summed E-state index contributed by atoms with van der Waals surface area (Å²) in [7, 11) is 0. The van der Waals surface area contributed by atoms with Crippen molar-refractivity contribution in [1.29, 1.82) is 0 Å². The molecule has 108 valence electrons. The van der Waals surface area contributed by atoms with Crippen molar-refractivity contribution in [3.63, 3.8) is 0 Å². The van der Waals surface area contributed by atoms with Crippen LogP contribution in [0.5, 0.6) is 11.5 Å². The van der Waals surface area contributed by atoms with Gasteiger partial charge in [0.05, 0.1) is 0 Å². The van der Waals surface area contributed by atoms with Crippen molar-refractivity contribution in [2.75, 3.05) is 0 Å². The molecule has 0 saturated carbocycles. The highest BCUT2D eigenvalue weighted by Gasteiger charge is 1.97. The van der Waals surface area contributed by atoms with E-state index < -0.39 is 5.97 Å². The summed E-state index contributed by atoms with van der Waals surface area (Å²) in [5.41, 5.74) is 1.06. The lowest BCUT2D eigenvalue weighted by atomic mass is 10.2. The summed E-state index contributed by atoms with van der Waals surface area (Å²) in [6.07, 6.45) is 1.14. The summed E-state index contributed by atoms with van der Waals surface area (Å²) in [6.45, 7) is 5.65. The average molecular weight is 284 g/mol. The Balaban J connectivity index is 0.000000219. The van der Waals surface area contributed by atoms with E-state index in [1.54, 1.807) is 36.4 Å². The second-order valence-corrected chi connectivity index (χ2v) is 3.97. The fourth-order valence-electron chi connectivity index (χ4n) is 1.39. The van der Waals surface area contributed by atoms with E-state index in [-0.39, 0.29) is 0 Å². The van der Waals surface area contributed by atoms with Gasteiger partial charge in [-0.1, -0.05) is 36.9 Å². The number of para-hydroxylation sites is 1. The molecular formula is C17H16O4. The third-order valence-electron chi connectivity index (χ3n) is 2.30. The van der Waals surface area contributed by atoms with Gasteiger partial charge in [-0.3, -0.25) is 4.79 Å². The Morgan fingerprint density at radius 1 is 1.05 bits per heavy atom. The molecule has 0 aliphatic heterocycles. The van der Waals surface area contributed by atoms with Crippen LogP contribution in [0.25, 0.3) is 0 Å². The largest absolute Gasteiger partial charge is 0.429 e. The second-order valence-electron chi connectivity index (χ2n) is 3.97. The fraction of sp³-hybridized carbons (Fsp3) is 0.0588. The Hall–Kier alpha value is -2.88. The Kier molecular flexibility index (Phi) is 7.00. The van der Waals surface area contributed by atoms with Gasteiger partial charge in [0.15, 0.2) is 0 Å². The van der Waals surface area contributed by atoms with Crippen LogP contribution in [-0.4, -0.2) is 12.4 Å². The number of hydrogen-bond acceptors (Lipinski definition) is 4. The molecule has 0 aliphatic carbocycles.